The third-order valence-corrected chi connectivity index (χ3v) is 3.81. The van der Waals surface area contributed by atoms with Gasteiger partial charge in [0.15, 0.2) is 11.5 Å². The first-order valence-electron chi connectivity index (χ1n) is 7.65. The fourth-order valence-electron chi connectivity index (χ4n) is 2.03. The van der Waals surface area contributed by atoms with Gasteiger partial charge in [-0.05, 0) is 36.2 Å². The van der Waals surface area contributed by atoms with E-state index in [4.69, 9.17) is 32.7 Å². The number of benzene rings is 2. The predicted octanol–water partition coefficient (Wildman–Crippen LogP) is 4.55. The van der Waals surface area contributed by atoms with Crippen molar-refractivity contribution in [3.63, 3.8) is 0 Å². The van der Waals surface area contributed by atoms with Crippen molar-refractivity contribution < 1.29 is 14.3 Å². The van der Waals surface area contributed by atoms with E-state index in [1.807, 2.05) is 6.92 Å². The third kappa shape index (κ3) is 5.11. The molecule has 0 saturated carbocycles. The molecule has 1 N–H and O–H groups in total. The number of carbonyl (C=O) groups is 1. The molecular formula is C18H18Cl2N2O3. The lowest BCUT2D eigenvalue weighted by Crippen LogP contribution is -2.17. The maximum atomic E-state index is 12.0. The van der Waals surface area contributed by atoms with E-state index in [1.54, 1.807) is 36.4 Å². The van der Waals surface area contributed by atoms with Crippen LogP contribution >= 0.6 is 23.2 Å². The molecule has 5 nitrogen and oxygen atoms in total. The highest BCUT2D eigenvalue weighted by Crippen LogP contribution is 2.36. The maximum absolute atomic E-state index is 12.0. The molecule has 0 fully saturated rings. The Balaban J connectivity index is 2.12. The molecule has 0 atom stereocenters. The molecule has 0 aromatic heterocycles. The van der Waals surface area contributed by atoms with Gasteiger partial charge in [-0.2, -0.15) is 5.10 Å². The summed E-state index contributed by atoms with van der Waals surface area (Å²) in [6.45, 7) is 2.54. The van der Waals surface area contributed by atoms with Gasteiger partial charge in [-0.1, -0.05) is 42.3 Å². The van der Waals surface area contributed by atoms with E-state index >= 15 is 0 Å². The monoisotopic (exact) mass is 380 g/mol. The van der Waals surface area contributed by atoms with E-state index in [9.17, 15) is 4.79 Å². The first kappa shape index (κ1) is 19.1. The van der Waals surface area contributed by atoms with Crippen LogP contribution in [0.15, 0.2) is 41.5 Å². The smallest absolute Gasteiger partial charge is 0.272 e. The molecule has 0 aliphatic rings. The van der Waals surface area contributed by atoms with Crippen molar-refractivity contribution in [1.29, 1.82) is 0 Å². The Hall–Kier alpha value is -2.24. The van der Waals surface area contributed by atoms with Gasteiger partial charge in [-0.15, -0.1) is 0 Å². The topological polar surface area (TPSA) is 59.9 Å². The van der Waals surface area contributed by atoms with Crippen molar-refractivity contribution in [2.45, 2.75) is 13.3 Å². The molecule has 0 aliphatic heterocycles. The van der Waals surface area contributed by atoms with Crippen molar-refractivity contribution >= 4 is 35.3 Å². The van der Waals surface area contributed by atoms with E-state index in [-0.39, 0.29) is 0 Å². The highest BCUT2D eigenvalue weighted by atomic mass is 35.5. The number of nitrogens with one attached hydrogen (secondary N) is 1. The number of hydrazone groups is 1. The second-order valence-electron chi connectivity index (χ2n) is 5.06. The second-order valence-corrected chi connectivity index (χ2v) is 5.88. The first-order valence-corrected chi connectivity index (χ1v) is 8.40. The largest absolute Gasteiger partial charge is 0.493 e. The van der Waals surface area contributed by atoms with Gasteiger partial charge < -0.3 is 9.47 Å². The maximum Gasteiger partial charge on any atom is 0.272 e. The fourth-order valence-corrected chi connectivity index (χ4v) is 2.52. The van der Waals surface area contributed by atoms with Gasteiger partial charge in [0.1, 0.15) is 0 Å². The van der Waals surface area contributed by atoms with E-state index < -0.39 is 5.91 Å². The zero-order chi connectivity index (χ0) is 18.2. The molecular weight excluding hydrogens is 363 g/mol. The molecule has 0 radical (unpaired) electrons. The van der Waals surface area contributed by atoms with Crippen molar-refractivity contribution in [2.24, 2.45) is 5.10 Å². The summed E-state index contributed by atoms with van der Waals surface area (Å²) in [5.41, 5.74) is 3.43. The van der Waals surface area contributed by atoms with Gasteiger partial charge in [0, 0.05) is 0 Å². The fraction of sp³-hybridized carbons (Fsp3) is 0.222. The Kier molecular flexibility index (Phi) is 7.10. The highest BCUT2D eigenvalue weighted by Gasteiger charge is 2.12. The average Bonchev–Trinajstić information content (AvgIpc) is 2.60. The Labute approximate surface area is 156 Å². The van der Waals surface area contributed by atoms with Gasteiger partial charge in [0.2, 0.25) is 0 Å². The number of hydrogen-bond donors (Lipinski definition) is 1. The molecule has 0 heterocycles. The van der Waals surface area contributed by atoms with Crippen LogP contribution in [0.25, 0.3) is 0 Å². The van der Waals surface area contributed by atoms with E-state index in [0.717, 1.165) is 6.42 Å². The lowest BCUT2D eigenvalue weighted by molar-refractivity contribution is 0.0955. The van der Waals surface area contributed by atoms with Crippen LogP contribution in [0.4, 0.5) is 0 Å². The highest BCUT2D eigenvalue weighted by molar-refractivity contribution is 6.34. The predicted molar refractivity (Wildman–Crippen MR) is 100 cm³/mol. The Morgan fingerprint density at radius 1 is 1.24 bits per heavy atom. The standard InChI is InChI=1S/C18H18Cl2N2O3/c1-3-8-25-17-15(20)9-12(10-16(17)24-2)11-21-22-18(23)13-6-4-5-7-14(13)19/h4-7,9-11H,3,8H2,1-2H3,(H,22,23)/b21-11-. The van der Waals surface area contributed by atoms with Gasteiger partial charge in [0.05, 0.1) is 35.5 Å². The number of methoxy groups -OCH3 is 1. The van der Waals surface area contributed by atoms with Crippen LogP contribution in [-0.4, -0.2) is 25.8 Å². The van der Waals surface area contributed by atoms with Crippen LogP contribution in [0, 0.1) is 0 Å². The quantitative estimate of drug-likeness (QED) is 0.565. The SMILES string of the molecule is CCCOc1c(Cl)cc(/C=N\NC(=O)c2ccccc2Cl)cc1OC. The number of carbonyl (C=O) groups excluding carboxylic acids is 1. The summed E-state index contributed by atoms with van der Waals surface area (Å²) in [6.07, 6.45) is 2.32. The minimum absolute atomic E-state index is 0.347. The van der Waals surface area contributed by atoms with E-state index in [0.29, 0.717) is 39.3 Å². The Morgan fingerprint density at radius 3 is 2.68 bits per heavy atom. The van der Waals surface area contributed by atoms with Crippen LogP contribution in [0.5, 0.6) is 11.5 Å². The molecule has 132 valence electrons. The number of nitrogens with zero attached hydrogens (tertiary/aromatic N) is 1. The molecule has 7 heteroatoms. The lowest BCUT2D eigenvalue weighted by Gasteiger charge is -2.12. The zero-order valence-electron chi connectivity index (χ0n) is 13.9. The minimum Gasteiger partial charge on any atom is -0.493 e. The van der Waals surface area contributed by atoms with Crippen molar-refractivity contribution in [2.75, 3.05) is 13.7 Å². The van der Waals surface area contributed by atoms with Gasteiger partial charge in [0.25, 0.3) is 5.91 Å². The van der Waals surface area contributed by atoms with Crippen LogP contribution < -0.4 is 14.9 Å². The van der Waals surface area contributed by atoms with Gasteiger partial charge in [-0.3, -0.25) is 4.79 Å². The van der Waals surface area contributed by atoms with Crippen molar-refractivity contribution in [3.05, 3.63) is 57.6 Å². The van der Waals surface area contributed by atoms with E-state index in [1.165, 1.54) is 13.3 Å². The van der Waals surface area contributed by atoms with Gasteiger partial charge >= 0.3 is 0 Å². The first-order chi connectivity index (χ1) is 12.1. The van der Waals surface area contributed by atoms with Crippen molar-refractivity contribution in [3.8, 4) is 11.5 Å². The molecule has 25 heavy (non-hydrogen) atoms. The molecule has 0 bridgehead atoms. The molecule has 0 saturated heterocycles. The molecule has 0 spiro atoms. The summed E-state index contributed by atoms with van der Waals surface area (Å²) in [4.78, 5) is 12.0. The molecule has 1 amide bonds. The number of hydrogen-bond acceptors (Lipinski definition) is 4. The number of amides is 1. The Morgan fingerprint density at radius 2 is 2.00 bits per heavy atom. The molecule has 2 aromatic rings. The normalized spacial score (nSPS) is 10.7. The van der Waals surface area contributed by atoms with Crippen molar-refractivity contribution in [1.82, 2.24) is 5.43 Å². The Bertz CT molecular complexity index is 779. The summed E-state index contributed by atoms with van der Waals surface area (Å²) in [5, 5.41) is 4.70. The van der Waals surface area contributed by atoms with E-state index in [2.05, 4.69) is 10.5 Å². The van der Waals surface area contributed by atoms with Crippen LogP contribution in [0.2, 0.25) is 10.0 Å². The summed E-state index contributed by atoms with van der Waals surface area (Å²) < 4.78 is 10.9. The zero-order valence-corrected chi connectivity index (χ0v) is 15.4. The molecule has 2 aromatic carbocycles. The summed E-state index contributed by atoms with van der Waals surface area (Å²) in [7, 11) is 1.53. The number of halogens is 2. The lowest BCUT2D eigenvalue weighted by atomic mass is 10.2. The second kappa shape index (κ2) is 9.30. The van der Waals surface area contributed by atoms with Crippen LogP contribution in [0.1, 0.15) is 29.3 Å². The third-order valence-electron chi connectivity index (χ3n) is 3.20. The number of ether oxygens (including phenoxy) is 2. The average molecular weight is 381 g/mol. The molecule has 0 unspecified atom stereocenters. The summed E-state index contributed by atoms with van der Waals surface area (Å²) >= 11 is 12.2. The number of rotatable bonds is 7. The molecule has 2 rings (SSSR count). The summed E-state index contributed by atoms with van der Waals surface area (Å²) in [5.74, 6) is 0.589. The minimum atomic E-state index is -0.400. The molecule has 0 aliphatic carbocycles. The van der Waals surface area contributed by atoms with Gasteiger partial charge in [-0.25, -0.2) is 5.43 Å². The van der Waals surface area contributed by atoms with Crippen LogP contribution in [-0.2, 0) is 0 Å². The summed E-state index contributed by atoms with van der Waals surface area (Å²) in [6, 6.07) is 10.1. The van der Waals surface area contributed by atoms with Crippen LogP contribution in [0.3, 0.4) is 0 Å².